The summed E-state index contributed by atoms with van der Waals surface area (Å²) in [6.07, 6.45) is 5.81. The van der Waals surface area contributed by atoms with Gasteiger partial charge in [-0.15, -0.1) is 11.3 Å². The number of ether oxygens (including phenoxy) is 2. The van der Waals surface area contributed by atoms with Crippen molar-refractivity contribution in [2.45, 2.75) is 64.7 Å². The van der Waals surface area contributed by atoms with E-state index in [0.29, 0.717) is 40.3 Å². The highest BCUT2D eigenvalue weighted by molar-refractivity contribution is 7.16. The van der Waals surface area contributed by atoms with Gasteiger partial charge >= 0.3 is 5.97 Å². The number of allylic oxidation sites excluding steroid dienone is 3. The van der Waals surface area contributed by atoms with E-state index in [1.807, 2.05) is 29.2 Å². The Kier molecular flexibility index (Phi) is 6.83. The number of hydrogen-bond donors (Lipinski definition) is 1. The molecular formula is C30H33N3O4S. The van der Waals surface area contributed by atoms with E-state index < -0.39 is 11.9 Å². The van der Waals surface area contributed by atoms with Crippen LogP contribution in [0.5, 0.6) is 5.75 Å². The summed E-state index contributed by atoms with van der Waals surface area (Å²) in [5, 5.41) is 11.1. The number of ketones is 1. The van der Waals surface area contributed by atoms with Gasteiger partial charge in [0.1, 0.15) is 16.6 Å². The van der Waals surface area contributed by atoms with Crippen LogP contribution in [0, 0.1) is 16.7 Å². The first kappa shape index (κ1) is 26.1. The van der Waals surface area contributed by atoms with E-state index in [9.17, 15) is 14.9 Å². The van der Waals surface area contributed by atoms with Gasteiger partial charge in [-0.2, -0.15) is 5.26 Å². The number of carbonyl (C=O) groups excluding carboxylic acids is 2. The monoisotopic (exact) mass is 531 g/mol. The number of methoxy groups -OCH3 is 2. The molecule has 198 valence electrons. The van der Waals surface area contributed by atoms with Crippen LogP contribution in [0.3, 0.4) is 0 Å². The molecule has 0 spiro atoms. The summed E-state index contributed by atoms with van der Waals surface area (Å²) in [5.41, 5.74) is 10.5. The first-order valence-corrected chi connectivity index (χ1v) is 13.8. The van der Waals surface area contributed by atoms with Crippen LogP contribution in [-0.2, 0) is 22.4 Å². The zero-order valence-corrected chi connectivity index (χ0v) is 23.2. The predicted molar refractivity (Wildman–Crippen MR) is 147 cm³/mol. The fraction of sp³-hybridized carbons (Fsp3) is 0.433. The molecule has 1 aliphatic heterocycles. The largest absolute Gasteiger partial charge is 0.497 e. The lowest BCUT2D eigenvalue weighted by atomic mass is 9.68. The zero-order chi connectivity index (χ0) is 27.2. The Morgan fingerprint density at radius 2 is 1.84 bits per heavy atom. The summed E-state index contributed by atoms with van der Waals surface area (Å²) in [7, 11) is 2.99. The smallest absolute Gasteiger partial charge is 0.341 e. The number of rotatable bonds is 4. The molecule has 8 heteroatoms. The molecule has 1 aromatic heterocycles. The second kappa shape index (κ2) is 9.95. The Hall–Kier alpha value is -3.57. The molecule has 7 nitrogen and oxygen atoms in total. The summed E-state index contributed by atoms with van der Waals surface area (Å²) in [4.78, 5) is 30.0. The minimum atomic E-state index is -0.583. The van der Waals surface area contributed by atoms with Gasteiger partial charge in [0.05, 0.1) is 37.3 Å². The summed E-state index contributed by atoms with van der Waals surface area (Å²) in [6.45, 7) is 4.14. The molecule has 0 bridgehead atoms. The highest BCUT2D eigenvalue weighted by Gasteiger charge is 2.46. The molecule has 0 saturated heterocycles. The SMILES string of the molecule is COC(=O)c1c(N2C(N)=C(C#N)[C@H](c3ccc(OC)cc3)C3=C2CC(C)(C)CC3=O)sc2c1CCCCC2. The number of anilines is 1. The van der Waals surface area contributed by atoms with Crippen molar-refractivity contribution in [3.63, 3.8) is 0 Å². The predicted octanol–water partition coefficient (Wildman–Crippen LogP) is 5.75. The van der Waals surface area contributed by atoms with Gasteiger partial charge in [0.2, 0.25) is 0 Å². The quantitative estimate of drug-likeness (QED) is 0.395. The highest BCUT2D eigenvalue weighted by Crippen LogP contribution is 2.53. The van der Waals surface area contributed by atoms with Gasteiger partial charge in [-0.25, -0.2) is 4.79 Å². The van der Waals surface area contributed by atoms with Gasteiger partial charge in [-0.1, -0.05) is 32.4 Å². The topological polar surface area (TPSA) is 106 Å². The lowest BCUT2D eigenvalue weighted by Crippen LogP contribution is -2.42. The molecule has 0 fully saturated rings. The number of carbonyl (C=O) groups is 2. The molecule has 5 rings (SSSR count). The maximum absolute atomic E-state index is 13.8. The number of Topliss-reactive ketones (excluding diaryl/α,β-unsaturated/α-hetero) is 1. The van der Waals surface area contributed by atoms with E-state index in [1.165, 1.54) is 7.11 Å². The molecule has 38 heavy (non-hydrogen) atoms. The van der Waals surface area contributed by atoms with Crippen molar-refractivity contribution in [2.75, 3.05) is 19.1 Å². The highest BCUT2D eigenvalue weighted by atomic mass is 32.1. The van der Waals surface area contributed by atoms with Crippen molar-refractivity contribution in [3.05, 3.63) is 68.5 Å². The van der Waals surface area contributed by atoms with Gasteiger partial charge in [-0.05, 0) is 60.8 Å². The standard InChI is InChI=1S/C30H33N3O4S/c1-30(2)14-21-26(22(34)15-30)24(17-10-12-18(36-3)13-11-17)20(16-31)27(32)33(21)28-25(29(35)37-4)19-8-6-5-7-9-23(19)38-28/h10-13,24H,5-9,14-15,32H2,1-4H3/t24-/m0/s1. The number of nitrogens with zero attached hydrogens (tertiary/aromatic N) is 2. The Morgan fingerprint density at radius 3 is 2.50 bits per heavy atom. The number of esters is 1. The average molecular weight is 532 g/mol. The molecule has 2 heterocycles. The van der Waals surface area contributed by atoms with Gasteiger partial charge in [0.15, 0.2) is 5.78 Å². The van der Waals surface area contributed by atoms with Crippen LogP contribution in [-0.4, -0.2) is 26.0 Å². The van der Waals surface area contributed by atoms with Crippen LogP contribution in [0.2, 0.25) is 0 Å². The van der Waals surface area contributed by atoms with E-state index in [-0.39, 0.29) is 17.0 Å². The second-order valence-electron chi connectivity index (χ2n) is 11.0. The lowest BCUT2D eigenvalue weighted by molar-refractivity contribution is -0.118. The normalized spacial score (nSPS) is 20.9. The van der Waals surface area contributed by atoms with Gasteiger partial charge in [-0.3, -0.25) is 9.69 Å². The Morgan fingerprint density at radius 1 is 1.13 bits per heavy atom. The first-order valence-electron chi connectivity index (χ1n) is 13.0. The summed E-state index contributed by atoms with van der Waals surface area (Å²) >= 11 is 1.54. The Bertz CT molecular complexity index is 1410. The molecule has 1 aromatic carbocycles. The van der Waals surface area contributed by atoms with Gasteiger partial charge < -0.3 is 15.2 Å². The molecule has 2 N–H and O–H groups in total. The third-order valence-electron chi connectivity index (χ3n) is 7.83. The third kappa shape index (κ3) is 4.29. The van der Waals surface area contributed by atoms with Crippen molar-refractivity contribution in [3.8, 4) is 11.8 Å². The second-order valence-corrected chi connectivity index (χ2v) is 12.1. The summed E-state index contributed by atoms with van der Waals surface area (Å²) in [5.74, 6) is -0.0411. The fourth-order valence-corrected chi connectivity index (χ4v) is 7.48. The fourth-order valence-electron chi connectivity index (χ4n) is 6.07. The van der Waals surface area contributed by atoms with Gasteiger partial charge in [0, 0.05) is 22.6 Å². The van der Waals surface area contributed by atoms with Crippen LogP contribution >= 0.6 is 11.3 Å². The van der Waals surface area contributed by atoms with Crippen molar-refractivity contribution in [1.82, 2.24) is 0 Å². The van der Waals surface area contributed by atoms with Crippen LogP contribution < -0.4 is 15.4 Å². The maximum atomic E-state index is 13.8. The van der Waals surface area contributed by atoms with Crippen molar-refractivity contribution < 1.29 is 19.1 Å². The van der Waals surface area contributed by atoms with E-state index in [4.69, 9.17) is 15.2 Å². The van der Waals surface area contributed by atoms with Crippen LogP contribution in [0.4, 0.5) is 5.00 Å². The number of nitriles is 1. The third-order valence-corrected chi connectivity index (χ3v) is 9.10. The summed E-state index contributed by atoms with van der Waals surface area (Å²) in [6, 6.07) is 9.75. The van der Waals surface area contributed by atoms with E-state index in [1.54, 1.807) is 18.4 Å². The van der Waals surface area contributed by atoms with Crippen LogP contribution in [0.15, 0.2) is 46.9 Å². The maximum Gasteiger partial charge on any atom is 0.341 e. The summed E-state index contributed by atoms with van der Waals surface area (Å²) < 4.78 is 10.6. The number of hydrogen-bond acceptors (Lipinski definition) is 8. The van der Waals surface area contributed by atoms with E-state index >= 15 is 0 Å². The van der Waals surface area contributed by atoms with E-state index in [2.05, 4.69) is 19.9 Å². The molecular weight excluding hydrogens is 498 g/mol. The lowest BCUT2D eigenvalue weighted by Gasteiger charge is -2.43. The van der Waals surface area contributed by atoms with E-state index in [0.717, 1.165) is 53.8 Å². The van der Waals surface area contributed by atoms with Crippen LogP contribution in [0.25, 0.3) is 0 Å². The first-order chi connectivity index (χ1) is 18.2. The van der Waals surface area contributed by atoms with Crippen molar-refractivity contribution in [1.29, 1.82) is 5.26 Å². The number of benzene rings is 1. The number of fused-ring (bicyclic) bond motifs is 1. The Balaban J connectivity index is 1.78. The number of thiophene rings is 1. The van der Waals surface area contributed by atoms with Gasteiger partial charge in [0.25, 0.3) is 0 Å². The number of nitrogens with two attached hydrogens (primary N) is 1. The molecule has 2 aromatic rings. The number of aryl methyl sites for hydroxylation is 1. The molecule has 2 aliphatic carbocycles. The average Bonchev–Trinajstić information content (AvgIpc) is 3.08. The molecule has 0 radical (unpaired) electrons. The van der Waals surface area contributed by atoms with Crippen molar-refractivity contribution >= 4 is 28.1 Å². The van der Waals surface area contributed by atoms with Crippen LogP contribution in [0.1, 0.15) is 78.2 Å². The minimum Gasteiger partial charge on any atom is -0.497 e. The molecule has 0 unspecified atom stereocenters. The molecule has 0 saturated carbocycles. The van der Waals surface area contributed by atoms with Crippen molar-refractivity contribution in [2.24, 2.45) is 11.1 Å². The minimum absolute atomic E-state index is 0.0000514. The molecule has 3 aliphatic rings. The Labute approximate surface area is 227 Å². The zero-order valence-electron chi connectivity index (χ0n) is 22.3. The molecule has 0 amide bonds. The molecule has 1 atom stereocenters.